The van der Waals surface area contributed by atoms with Crippen molar-refractivity contribution >= 4 is 0 Å². The first kappa shape index (κ1) is 14.0. The molecule has 1 aliphatic heterocycles. The lowest BCUT2D eigenvalue weighted by molar-refractivity contribution is -0.118. The van der Waals surface area contributed by atoms with Crippen molar-refractivity contribution in [3.8, 4) is 17.3 Å². The van der Waals surface area contributed by atoms with Crippen LogP contribution < -0.4 is 0 Å². The van der Waals surface area contributed by atoms with E-state index >= 15 is 0 Å². The van der Waals surface area contributed by atoms with Crippen molar-refractivity contribution in [3.63, 3.8) is 0 Å². The minimum atomic E-state index is -0.584. The molecule has 1 saturated heterocycles. The molecule has 3 heterocycles. The van der Waals surface area contributed by atoms with Crippen molar-refractivity contribution in [1.82, 2.24) is 15.1 Å². The summed E-state index contributed by atoms with van der Waals surface area (Å²) in [6, 6.07) is 3.16. The lowest BCUT2D eigenvalue weighted by Crippen LogP contribution is -2.37. The third kappa shape index (κ3) is 2.62. The fourth-order valence-corrected chi connectivity index (χ4v) is 2.48. The summed E-state index contributed by atoms with van der Waals surface area (Å²) in [7, 11) is 0. The van der Waals surface area contributed by atoms with Gasteiger partial charge in [0.05, 0.1) is 0 Å². The van der Waals surface area contributed by atoms with E-state index in [1.165, 1.54) is 6.07 Å². The first-order valence-electron chi connectivity index (χ1n) is 6.95. The average Bonchev–Trinajstić information content (AvgIpc) is 2.99. The molecule has 0 spiro atoms. The van der Waals surface area contributed by atoms with E-state index < -0.39 is 5.60 Å². The maximum absolute atomic E-state index is 9.81. The second-order valence-corrected chi connectivity index (χ2v) is 4.83. The Hall–Kier alpha value is -1.99. The van der Waals surface area contributed by atoms with E-state index in [4.69, 9.17) is 14.0 Å². The number of rotatable bonds is 4. The minimum absolute atomic E-state index is 0.00476. The number of aromatic nitrogens is 3. The second kappa shape index (κ2) is 5.79. The maximum Gasteiger partial charge on any atom is 0.280 e. The molecule has 7 nitrogen and oxygen atoms in total. The normalized spacial score (nSPS) is 17.8. The summed E-state index contributed by atoms with van der Waals surface area (Å²) in [4.78, 5) is 8.44. The summed E-state index contributed by atoms with van der Waals surface area (Å²) >= 11 is 0. The van der Waals surface area contributed by atoms with Crippen LogP contribution in [0.15, 0.2) is 22.9 Å². The Morgan fingerprint density at radius 2 is 2.19 bits per heavy atom. The van der Waals surface area contributed by atoms with Crippen LogP contribution in [0, 0.1) is 0 Å². The van der Waals surface area contributed by atoms with Crippen LogP contribution in [0.2, 0.25) is 0 Å². The predicted molar refractivity (Wildman–Crippen MR) is 72.6 cm³/mol. The highest BCUT2D eigenvalue weighted by Gasteiger charge is 2.40. The molecular weight excluding hydrogens is 274 g/mol. The third-order valence-corrected chi connectivity index (χ3v) is 3.54. The largest absolute Gasteiger partial charge is 0.505 e. The maximum atomic E-state index is 9.81. The smallest absolute Gasteiger partial charge is 0.280 e. The molecule has 1 N–H and O–H groups in total. The van der Waals surface area contributed by atoms with Crippen molar-refractivity contribution in [1.29, 1.82) is 0 Å². The zero-order valence-electron chi connectivity index (χ0n) is 11.8. The monoisotopic (exact) mass is 291 g/mol. The average molecular weight is 291 g/mol. The van der Waals surface area contributed by atoms with E-state index in [1.807, 2.05) is 6.92 Å². The van der Waals surface area contributed by atoms with Crippen LogP contribution in [-0.2, 0) is 15.1 Å². The lowest BCUT2D eigenvalue weighted by atomic mass is 9.93. The zero-order valence-corrected chi connectivity index (χ0v) is 11.8. The van der Waals surface area contributed by atoms with E-state index in [9.17, 15) is 5.11 Å². The summed E-state index contributed by atoms with van der Waals surface area (Å²) < 4.78 is 16.5. The Kier molecular flexibility index (Phi) is 3.85. The van der Waals surface area contributed by atoms with Gasteiger partial charge < -0.3 is 19.1 Å². The number of ether oxygens (including phenoxy) is 2. The Morgan fingerprint density at radius 1 is 1.38 bits per heavy atom. The molecule has 0 bridgehead atoms. The topological polar surface area (TPSA) is 90.5 Å². The van der Waals surface area contributed by atoms with Gasteiger partial charge in [-0.1, -0.05) is 5.16 Å². The Balaban J connectivity index is 1.94. The SMILES string of the molecule is CCOC1(c2noc(-c3ncccc3O)n2)CCOCC1. The molecule has 0 saturated carbocycles. The quantitative estimate of drug-likeness (QED) is 0.919. The van der Waals surface area contributed by atoms with Gasteiger partial charge in [-0.3, -0.25) is 0 Å². The van der Waals surface area contributed by atoms with Crippen molar-refractivity contribution in [2.24, 2.45) is 0 Å². The Morgan fingerprint density at radius 3 is 2.90 bits per heavy atom. The van der Waals surface area contributed by atoms with E-state index in [0.29, 0.717) is 38.5 Å². The second-order valence-electron chi connectivity index (χ2n) is 4.83. The zero-order chi connectivity index (χ0) is 14.7. The predicted octanol–water partition coefficient (Wildman–Crippen LogP) is 1.88. The van der Waals surface area contributed by atoms with Crippen molar-refractivity contribution in [3.05, 3.63) is 24.2 Å². The van der Waals surface area contributed by atoms with Gasteiger partial charge in [0.2, 0.25) is 5.82 Å². The van der Waals surface area contributed by atoms with Gasteiger partial charge in [-0.25, -0.2) is 4.98 Å². The summed E-state index contributed by atoms with van der Waals surface area (Å²) in [5.74, 6) is 0.673. The summed E-state index contributed by atoms with van der Waals surface area (Å²) in [5, 5.41) is 13.8. The van der Waals surface area contributed by atoms with Gasteiger partial charge in [0, 0.05) is 38.9 Å². The molecule has 0 unspecified atom stereocenters. The summed E-state index contributed by atoms with van der Waals surface area (Å²) in [5.41, 5.74) is -0.311. The van der Waals surface area contributed by atoms with E-state index in [-0.39, 0.29) is 17.3 Å². The van der Waals surface area contributed by atoms with Gasteiger partial charge in [-0.05, 0) is 19.1 Å². The Bertz CT molecular complexity index is 602. The first-order chi connectivity index (χ1) is 10.2. The number of hydrogen-bond acceptors (Lipinski definition) is 7. The van der Waals surface area contributed by atoms with Gasteiger partial charge in [0.15, 0.2) is 5.69 Å². The van der Waals surface area contributed by atoms with Gasteiger partial charge in [-0.2, -0.15) is 4.98 Å². The van der Waals surface area contributed by atoms with Gasteiger partial charge in [0.1, 0.15) is 11.4 Å². The summed E-state index contributed by atoms with van der Waals surface area (Å²) in [6.07, 6.45) is 2.91. The van der Waals surface area contributed by atoms with Crippen LogP contribution in [-0.4, -0.2) is 40.1 Å². The Labute approximate surface area is 121 Å². The molecular formula is C14H17N3O4. The van der Waals surface area contributed by atoms with E-state index in [2.05, 4.69) is 15.1 Å². The van der Waals surface area contributed by atoms with Crippen LogP contribution in [0.1, 0.15) is 25.6 Å². The van der Waals surface area contributed by atoms with Crippen LogP contribution >= 0.6 is 0 Å². The van der Waals surface area contributed by atoms with Crippen LogP contribution in [0.4, 0.5) is 0 Å². The molecule has 7 heteroatoms. The fourth-order valence-electron chi connectivity index (χ4n) is 2.48. The highest BCUT2D eigenvalue weighted by molar-refractivity contribution is 5.55. The van der Waals surface area contributed by atoms with Crippen molar-refractivity contribution < 1.29 is 19.1 Å². The molecule has 0 radical (unpaired) electrons. The molecule has 0 aromatic carbocycles. The van der Waals surface area contributed by atoms with Gasteiger partial charge >= 0.3 is 0 Å². The number of aromatic hydroxyl groups is 1. The van der Waals surface area contributed by atoms with Crippen LogP contribution in [0.5, 0.6) is 5.75 Å². The lowest BCUT2D eigenvalue weighted by Gasteiger charge is -2.33. The standard InChI is InChI=1S/C14H17N3O4/c1-2-20-14(5-8-19-9-6-14)13-16-12(21-17-13)11-10(18)4-3-7-15-11/h3-4,7,18H,2,5-6,8-9H2,1H3. The van der Waals surface area contributed by atoms with E-state index in [1.54, 1.807) is 12.3 Å². The highest BCUT2D eigenvalue weighted by atomic mass is 16.5. The van der Waals surface area contributed by atoms with Gasteiger partial charge in [0.25, 0.3) is 5.89 Å². The number of pyridine rings is 1. The van der Waals surface area contributed by atoms with Crippen LogP contribution in [0.3, 0.4) is 0 Å². The highest BCUT2D eigenvalue weighted by Crippen LogP contribution is 2.35. The molecule has 2 aromatic heterocycles. The molecule has 21 heavy (non-hydrogen) atoms. The number of nitrogens with zero attached hydrogens (tertiary/aromatic N) is 3. The van der Waals surface area contributed by atoms with Crippen molar-refractivity contribution in [2.45, 2.75) is 25.4 Å². The van der Waals surface area contributed by atoms with Crippen LogP contribution in [0.25, 0.3) is 11.6 Å². The summed E-state index contributed by atoms with van der Waals surface area (Å²) in [6.45, 7) is 3.68. The first-order valence-corrected chi connectivity index (χ1v) is 6.95. The minimum Gasteiger partial charge on any atom is -0.505 e. The molecule has 2 aromatic rings. The molecule has 1 fully saturated rings. The van der Waals surface area contributed by atoms with Crippen molar-refractivity contribution in [2.75, 3.05) is 19.8 Å². The molecule has 3 rings (SSSR count). The number of hydrogen-bond donors (Lipinski definition) is 1. The van der Waals surface area contributed by atoms with E-state index in [0.717, 1.165) is 0 Å². The molecule has 0 amide bonds. The molecule has 0 atom stereocenters. The third-order valence-electron chi connectivity index (χ3n) is 3.54. The fraction of sp³-hybridized carbons (Fsp3) is 0.500. The van der Waals surface area contributed by atoms with Gasteiger partial charge in [-0.15, -0.1) is 0 Å². The molecule has 112 valence electrons. The molecule has 1 aliphatic rings. The molecule has 0 aliphatic carbocycles.